The molecule has 2 aromatic rings. The van der Waals surface area contributed by atoms with Crippen LogP contribution in [0.4, 0.5) is 5.82 Å². The van der Waals surface area contributed by atoms with Crippen molar-refractivity contribution in [3.8, 4) is 0 Å². The minimum absolute atomic E-state index is 0.302. The summed E-state index contributed by atoms with van der Waals surface area (Å²) in [4.78, 5) is 12.2. The van der Waals surface area contributed by atoms with E-state index in [-0.39, 0.29) is 0 Å². The van der Waals surface area contributed by atoms with Gasteiger partial charge in [-0.05, 0) is 30.9 Å². The van der Waals surface area contributed by atoms with Gasteiger partial charge in [0, 0.05) is 38.7 Å². The molecule has 5 heteroatoms. The summed E-state index contributed by atoms with van der Waals surface area (Å²) in [6.45, 7) is 4.22. The molecule has 4 rings (SSSR count). The third kappa shape index (κ3) is 2.44. The number of nitrogens with one attached hydrogen (secondary N) is 1. The Kier molecular flexibility index (Phi) is 3.68. The van der Waals surface area contributed by atoms with Crippen molar-refractivity contribution >= 4 is 16.9 Å². The predicted molar refractivity (Wildman–Crippen MR) is 87.2 cm³/mol. The van der Waals surface area contributed by atoms with Gasteiger partial charge in [-0.3, -0.25) is 0 Å². The van der Waals surface area contributed by atoms with E-state index >= 15 is 0 Å². The Hall–Kier alpha value is -1.72. The van der Waals surface area contributed by atoms with Crippen LogP contribution < -0.4 is 10.2 Å². The van der Waals surface area contributed by atoms with Crippen molar-refractivity contribution in [2.75, 3.05) is 37.7 Å². The zero-order valence-electron chi connectivity index (χ0n) is 12.7. The van der Waals surface area contributed by atoms with Crippen LogP contribution >= 0.6 is 0 Å². The number of rotatable bonds is 3. The van der Waals surface area contributed by atoms with Crippen LogP contribution in [0, 0.1) is 5.92 Å². The lowest BCUT2D eigenvalue weighted by Gasteiger charge is -2.35. The van der Waals surface area contributed by atoms with Crippen LogP contribution in [0.5, 0.6) is 0 Å². The van der Waals surface area contributed by atoms with E-state index < -0.39 is 0 Å². The molecule has 3 heterocycles. The molecule has 0 saturated carbocycles. The third-order valence-electron chi connectivity index (χ3n) is 4.92. The first-order valence-corrected chi connectivity index (χ1v) is 8.18. The minimum atomic E-state index is 0.302. The summed E-state index contributed by atoms with van der Waals surface area (Å²) < 4.78 is 0. The second kappa shape index (κ2) is 5.82. The normalized spacial score (nSPS) is 20.3. The third-order valence-corrected chi connectivity index (χ3v) is 4.92. The molecule has 0 amide bonds. The average molecular weight is 298 g/mol. The van der Waals surface area contributed by atoms with Crippen LogP contribution in [0.2, 0.25) is 0 Å². The highest BCUT2D eigenvalue weighted by Crippen LogP contribution is 2.31. The van der Waals surface area contributed by atoms with E-state index in [2.05, 4.69) is 10.2 Å². The molecule has 2 aliphatic heterocycles. The summed E-state index contributed by atoms with van der Waals surface area (Å²) in [5.74, 6) is 1.97. The van der Waals surface area contributed by atoms with E-state index in [1.165, 1.54) is 0 Å². The number of aromatic nitrogens is 2. The van der Waals surface area contributed by atoms with Gasteiger partial charge in [0.05, 0.1) is 16.7 Å². The molecule has 0 aliphatic carbocycles. The zero-order chi connectivity index (χ0) is 14.9. The van der Waals surface area contributed by atoms with Crippen LogP contribution in [-0.4, -0.2) is 47.9 Å². The Morgan fingerprint density at radius 2 is 1.77 bits per heavy atom. The largest absolute Gasteiger partial charge is 0.396 e. The predicted octanol–water partition coefficient (Wildman–Crippen LogP) is 1.53. The number of aliphatic hydroxyl groups is 1. The van der Waals surface area contributed by atoms with Crippen LogP contribution in [0.3, 0.4) is 0 Å². The molecule has 2 aliphatic rings. The second-order valence-electron chi connectivity index (χ2n) is 6.39. The van der Waals surface area contributed by atoms with Gasteiger partial charge in [0.25, 0.3) is 0 Å². The average Bonchev–Trinajstić information content (AvgIpc) is 2.53. The van der Waals surface area contributed by atoms with Gasteiger partial charge in [-0.2, -0.15) is 0 Å². The number of aliphatic hydroxyl groups excluding tert-OH is 1. The quantitative estimate of drug-likeness (QED) is 0.900. The number of anilines is 1. The Balaban J connectivity index is 1.71. The zero-order valence-corrected chi connectivity index (χ0v) is 12.7. The van der Waals surface area contributed by atoms with Crippen LogP contribution in [0.25, 0.3) is 11.0 Å². The number of hydrogen-bond acceptors (Lipinski definition) is 5. The van der Waals surface area contributed by atoms with E-state index in [9.17, 15) is 5.11 Å². The lowest BCUT2D eigenvalue weighted by Crippen LogP contribution is -2.42. The number of piperidine rings is 1. The number of nitrogens with zero attached hydrogens (tertiary/aromatic N) is 3. The maximum Gasteiger partial charge on any atom is 0.151 e. The molecule has 0 radical (unpaired) electrons. The number of benzene rings is 1. The van der Waals surface area contributed by atoms with Crippen molar-refractivity contribution in [2.45, 2.75) is 18.8 Å². The fourth-order valence-electron chi connectivity index (χ4n) is 3.32. The Morgan fingerprint density at radius 1 is 1.09 bits per heavy atom. The molecule has 116 valence electrons. The lowest BCUT2D eigenvalue weighted by molar-refractivity contribution is 0.202. The highest BCUT2D eigenvalue weighted by Gasteiger charge is 2.29. The standard InChI is InChI=1S/C17H22N4O/c22-11-12-5-7-21(8-6-12)17-16(13-9-18-10-13)19-14-3-1-2-4-15(14)20-17/h1-4,12-13,18,22H,5-11H2. The van der Waals surface area contributed by atoms with Crippen LogP contribution in [-0.2, 0) is 0 Å². The van der Waals surface area contributed by atoms with Gasteiger partial charge in [0.15, 0.2) is 5.82 Å². The van der Waals surface area contributed by atoms with Crippen LogP contribution in [0.1, 0.15) is 24.5 Å². The number of fused-ring (bicyclic) bond motifs is 1. The molecular weight excluding hydrogens is 276 g/mol. The van der Waals surface area contributed by atoms with Crippen LogP contribution in [0.15, 0.2) is 24.3 Å². The van der Waals surface area contributed by atoms with Crippen molar-refractivity contribution in [3.63, 3.8) is 0 Å². The molecule has 1 aromatic carbocycles. The summed E-state index contributed by atoms with van der Waals surface area (Å²) in [6, 6.07) is 8.12. The monoisotopic (exact) mass is 298 g/mol. The molecule has 22 heavy (non-hydrogen) atoms. The van der Waals surface area contributed by atoms with Gasteiger partial charge in [-0.25, -0.2) is 9.97 Å². The Labute approximate surface area is 130 Å². The van der Waals surface area contributed by atoms with Gasteiger partial charge in [-0.15, -0.1) is 0 Å². The van der Waals surface area contributed by atoms with Gasteiger partial charge >= 0.3 is 0 Å². The van der Waals surface area contributed by atoms with Gasteiger partial charge in [-0.1, -0.05) is 12.1 Å². The van der Waals surface area contributed by atoms with Gasteiger partial charge in [0.1, 0.15) is 0 Å². The molecule has 0 atom stereocenters. The molecule has 2 saturated heterocycles. The van der Waals surface area contributed by atoms with E-state index in [4.69, 9.17) is 9.97 Å². The lowest BCUT2D eigenvalue weighted by atomic mass is 9.95. The van der Waals surface area contributed by atoms with Crippen molar-refractivity contribution in [1.82, 2.24) is 15.3 Å². The van der Waals surface area contributed by atoms with Crippen molar-refractivity contribution in [1.29, 1.82) is 0 Å². The highest BCUT2D eigenvalue weighted by molar-refractivity contribution is 5.76. The second-order valence-corrected chi connectivity index (χ2v) is 6.39. The topological polar surface area (TPSA) is 61.3 Å². The summed E-state index contributed by atoms with van der Waals surface area (Å²) in [6.07, 6.45) is 2.07. The Morgan fingerprint density at radius 3 is 2.36 bits per heavy atom. The minimum Gasteiger partial charge on any atom is -0.396 e. The van der Waals surface area contributed by atoms with E-state index in [1.807, 2.05) is 24.3 Å². The van der Waals surface area contributed by atoms with E-state index in [1.54, 1.807) is 0 Å². The number of hydrogen-bond donors (Lipinski definition) is 2. The van der Waals surface area contributed by atoms with Crippen molar-refractivity contribution in [2.24, 2.45) is 5.92 Å². The molecule has 1 aromatic heterocycles. The first-order chi connectivity index (χ1) is 10.8. The molecule has 2 fully saturated rings. The summed E-state index contributed by atoms with van der Waals surface area (Å²) in [5.41, 5.74) is 3.09. The molecule has 0 spiro atoms. The number of para-hydroxylation sites is 2. The molecular formula is C17H22N4O. The fourth-order valence-corrected chi connectivity index (χ4v) is 3.32. The molecule has 2 N–H and O–H groups in total. The van der Waals surface area contributed by atoms with E-state index in [0.717, 1.165) is 61.6 Å². The van der Waals surface area contributed by atoms with Crippen molar-refractivity contribution in [3.05, 3.63) is 30.0 Å². The summed E-state index contributed by atoms with van der Waals surface area (Å²) in [7, 11) is 0. The SMILES string of the molecule is OCC1CCN(c2nc3ccccc3nc2C2CNC2)CC1. The summed E-state index contributed by atoms with van der Waals surface area (Å²) >= 11 is 0. The summed E-state index contributed by atoms with van der Waals surface area (Å²) in [5, 5.41) is 12.7. The van der Waals surface area contributed by atoms with Crippen molar-refractivity contribution < 1.29 is 5.11 Å². The maximum atomic E-state index is 9.32. The highest BCUT2D eigenvalue weighted by atomic mass is 16.3. The van der Waals surface area contributed by atoms with Gasteiger partial charge < -0.3 is 15.3 Å². The smallest absolute Gasteiger partial charge is 0.151 e. The molecule has 0 unspecified atom stereocenters. The Bertz CT molecular complexity index is 663. The van der Waals surface area contributed by atoms with Gasteiger partial charge in [0.2, 0.25) is 0 Å². The first-order valence-electron chi connectivity index (χ1n) is 8.18. The molecule has 0 bridgehead atoms. The fraction of sp³-hybridized carbons (Fsp3) is 0.529. The first kappa shape index (κ1) is 13.9. The molecule has 5 nitrogen and oxygen atoms in total. The maximum absolute atomic E-state index is 9.32. The van der Waals surface area contributed by atoms with E-state index in [0.29, 0.717) is 18.4 Å².